The normalized spacial score (nSPS) is 10.8. The van der Waals surface area contributed by atoms with Crippen molar-refractivity contribution in [1.29, 1.82) is 0 Å². The zero-order chi connectivity index (χ0) is 19.8. The maximum atomic E-state index is 12.0. The summed E-state index contributed by atoms with van der Waals surface area (Å²) in [6, 6.07) is 22.6. The van der Waals surface area contributed by atoms with Gasteiger partial charge in [0.25, 0.3) is 0 Å². The number of para-hydroxylation sites is 1. The molecule has 0 fully saturated rings. The summed E-state index contributed by atoms with van der Waals surface area (Å²) in [4.78, 5) is 12.0. The third kappa shape index (κ3) is 6.22. The first-order valence-corrected chi connectivity index (χ1v) is 9.80. The fourth-order valence-corrected chi connectivity index (χ4v) is 3.08. The molecule has 0 atom stereocenters. The van der Waals surface area contributed by atoms with Crippen molar-refractivity contribution < 1.29 is 9.53 Å². The molecule has 28 heavy (non-hydrogen) atoms. The van der Waals surface area contributed by atoms with E-state index in [-0.39, 0.29) is 12.3 Å². The third-order valence-corrected chi connectivity index (χ3v) is 4.62. The molecule has 4 nitrogen and oxygen atoms in total. The predicted molar refractivity (Wildman–Crippen MR) is 116 cm³/mol. The Bertz CT molecular complexity index is 974. The number of hydrogen-bond donors (Lipinski definition) is 1. The quantitative estimate of drug-likeness (QED) is 0.383. The minimum Gasteiger partial charge on any atom is -0.488 e. The number of benzene rings is 3. The number of carbonyl (C=O) groups is 1. The number of carbonyl (C=O) groups excluding carboxylic acids is 1. The van der Waals surface area contributed by atoms with Gasteiger partial charge in [-0.1, -0.05) is 63.9 Å². The van der Waals surface area contributed by atoms with Crippen molar-refractivity contribution in [3.8, 4) is 5.75 Å². The SMILES string of the molecule is O=C(Cc1ccc(Cl)cc1)N/N=C\c1ccccc1OCc1cccc(Br)c1. The monoisotopic (exact) mass is 456 g/mol. The van der Waals surface area contributed by atoms with Crippen molar-refractivity contribution in [3.63, 3.8) is 0 Å². The number of nitrogens with zero attached hydrogens (tertiary/aromatic N) is 1. The first-order chi connectivity index (χ1) is 13.6. The molecule has 0 aliphatic rings. The summed E-state index contributed by atoms with van der Waals surface area (Å²) in [6.07, 6.45) is 1.81. The highest BCUT2D eigenvalue weighted by Gasteiger charge is 2.04. The highest BCUT2D eigenvalue weighted by molar-refractivity contribution is 9.10. The Morgan fingerprint density at radius 2 is 1.82 bits per heavy atom. The van der Waals surface area contributed by atoms with Crippen LogP contribution in [0.1, 0.15) is 16.7 Å². The van der Waals surface area contributed by atoms with Gasteiger partial charge in [0.1, 0.15) is 12.4 Å². The van der Waals surface area contributed by atoms with Crippen LogP contribution < -0.4 is 10.2 Å². The Morgan fingerprint density at radius 1 is 1.04 bits per heavy atom. The molecule has 3 aromatic rings. The second-order valence-electron chi connectivity index (χ2n) is 6.05. The molecule has 0 bridgehead atoms. The standard InChI is InChI=1S/C22H18BrClN2O2/c23-19-6-3-4-17(12-19)15-28-21-7-2-1-5-18(21)14-25-26-22(27)13-16-8-10-20(24)11-9-16/h1-12,14H,13,15H2,(H,26,27)/b25-14-. The lowest BCUT2D eigenvalue weighted by atomic mass is 10.1. The average molecular weight is 458 g/mol. The Morgan fingerprint density at radius 3 is 2.61 bits per heavy atom. The van der Waals surface area contributed by atoms with E-state index < -0.39 is 0 Å². The van der Waals surface area contributed by atoms with E-state index in [0.717, 1.165) is 21.2 Å². The third-order valence-electron chi connectivity index (χ3n) is 3.87. The van der Waals surface area contributed by atoms with E-state index >= 15 is 0 Å². The van der Waals surface area contributed by atoms with E-state index in [4.69, 9.17) is 16.3 Å². The molecule has 0 spiro atoms. The fourth-order valence-electron chi connectivity index (χ4n) is 2.51. The van der Waals surface area contributed by atoms with Crippen LogP contribution in [0.5, 0.6) is 5.75 Å². The molecule has 1 N–H and O–H groups in total. The topological polar surface area (TPSA) is 50.7 Å². The maximum absolute atomic E-state index is 12.0. The first kappa shape index (κ1) is 20.1. The fraction of sp³-hybridized carbons (Fsp3) is 0.0909. The van der Waals surface area contributed by atoms with E-state index in [1.54, 1.807) is 18.3 Å². The number of halogens is 2. The van der Waals surface area contributed by atoms with Gasteiger partial charge in [-0.15, -0.1) is 0 Å². The van der Waals surface area contributed by atoms with E-state index in [9.17, 15) is 4.79 Å². The molecule has 0 heterocycles. The molecule has 0 saturated heterocycles. The van der Waals surface area contributed by atoms with E-state index in [2.05, 4.69) is 26.5 Å². The summed E-state index contributed by atoms with van der Waals surface area (Å²) in [6.45, 7) is 0.438. The molecule has 0 radical (unpaired) electrons. The van der Waals surface area contributed by atoms with Gasteiger partial charge in [0.15, 0.2) is 0 Å². The predicted octanol–water partition coefficient (Wildman–Crippen LogP) is 5.37. The average Bonchev–Trinajstić information content (AvgIpc) is 2.69. The van der Waals surface area contributed by atoms with Crippen LogP contribution in [-0.2, 0) is 17.8 Å². The van der Waals surface area contributed by atoms with Crippen molar-refractivity contribution >= 4 is 39.7 Å². The van der Waals surface area contributed by atoms with Crippen LogP contribution in [0.2, 0.25) is 5.02 Å². The molecule has 0 saturated carbocycles. The molecule has 0 aliphatic carbocycles. The number of hydrazone groups is 1. The minimum absolute atomic E-state index is 0.203. The molecular formula is C22H18BrClN2O2. The van der Waals surface area contributed by atoms with Crippen LogP contribution in [0.15, 0.2) is 82.4 Å². The van der Waals surface area contributed by atoms with Gasteiger partial charge in [-0.05, 0) is 47.5 Å². The summed E-state index contributed by atoms with van der Waals surface area (Å²) in [5.41, 5.74) is 5.24. The second kappa shape index (κ2) is 10.1. The number of rotatable bonds is 7. The Balaban J connectivity index is 1.57. The van der Waals surface area contributed by atoms with Gasteiger partial charge in [-0.25, -0.2) is 5.43 Å². The number of ether oxygens (including phenoxy) is 1. The van der Waals surface area contributed by atoms with Crippen LogP contribution in [0.25, 0.3) is 0 Å². The van der Waals surface area contributed by atoms with Gasteiger partial charge < -0.3 is 4.74 Å². The van der Waals surface area contributed by atoms with Gasteiger partial charge in [0.05, 0.1) is 12.6 Å². The lowest BCUT2D eigenvalue weighted by Gasteiger charge is -2.09. The minimum atomic E-state index is -0.203. The van der Waals surface area contributed by atoms with Crippen molar-refractivity contribution in [3.05, 3.63) is 99.0 Å². The summed E-state index contributed by atoms with van der Waals surface area (Å²) in [7, 11) is 0. The van der Waals surface area contributed by atoms with Gasteiger partial charge in [-0.2, -0.15) is 5.10 Å². The Labute approximate surface area is 177 Å². The van der Waals surface area contributed by atoms with Crippen molar-refractivity contribution in [2.24, 2.45) is 5.10 Å². The lowest BCUT2D eigenvalue weighted by molar-refractivity contribution is -0.120. The van der Waals surface area contributed by atoms with Gasteiger partial charge in [0.2, 0.25) is 5.91 Å². The van der Waals surface area contributed by atoms with Gasteiger partial charge in [-0.3, -0.25) is 4.79 Å². The van der Waals surface area contributed by atoms with E-state index in [1.165, 1.54) is 0 Å². The molecule has 6 heteroatoms. The van der Waals surface area contributed by atoms with E-state index in [1.807, 2.05) is 60.7 Å². The molecule has 0 aromatic heterocycles. The molecule has 142 valence electrons. The van der Waals surface area contributed by atoms with Crippen LogP contribution in [0.4, 0.5) is 0 Å². The summed E-state index contributed by atoms with van der Waals surface area (Å²) in [5.74, 6) is 0.490. The molecular weight excluding hydrogens is 440 g/mol. The van der Waals surface area contributed by atoms with Crippen LogP contribution >= 0.6 is 27.5 Å². The Kier molecular flexibility index (Phi) is 7.23. The maximum Gasteiger partial charge on any atom is 0.244 e. The largest absolute Gasteiger partial charge is 0.488 e. The molecule has 1 amide bonds. The summed E-state index contributed by atoms with van der Waals surface area (Å²) >= 11 is 9.30. The molecule has 3 aromatic carbocycles. The summed E-state index contributed by atoms with van der Waals surface area (Å²) in [5, 5.41) is 4.69. The zero-order valence-corrected chi connectivity index (χ0v) is 17.3. The van der Waals surface area contributed by atoms with Gasteiger partial charge >= 0.3 is 0 Å². The number of amides is 1. The number of hydrogen-bond acceptors (Lipinski definition) is 3. The molecule has 3 rings (SSSR count). The van der Waals surface area contributed by atoms with Crippen molar-refractivity contribution in [2.45, 2.75) is 13.0 Å². The zero-order valence-electron chi connectivity index (χ0n) is 14.9. The van der Waals surface area contributed by atoms with Crippen LogP contribution in [0.3, 0.4) is 0 Å². The Hall–Kier alpha value is -2.63. The highest BCUT2D eigenvalue weighted by atomic mass is 79.9. The van der Waals surface area contributed by atoms with Gasteiger partial charge in [0, 0.05) is 15.1 Å². The molecule has 0 aliphatic heterocycles. The van der Waals surface area contributed by atoms with Crippen LogP contribution in [0, 0.1) is 0 Å². The summed E-state index contributed by atoms with van der Waals surface area (Å²) < 4.78 is 6.91. The lowest BCUT2D eigenvalue weighted by Crippen LogP contribution is -2.19. The van der Waals surface area contributed by atoms with Crippen molar-refractivity contribution in [2.75, 3.05) is 0 Å². The van der Waals surface area contributed by atoms with E-state index in [0.29, 0.717) is 17.4 Å². The number of nitrogens with one attached hydrogen (secondary N) is 1. The first-order valence-electron chi connectivity index (χ1n) is 8.63. The van der Waals surface area contributed by atoms with Crippen molar-refractivity contribution in [1.82, 2.24) is 5.43 Å². The molecule has 0 unspecified atom stereocenters. The van der Waals surface area contributed by atoms with Crippen LogP contribution in [-0.4, -0.2) is 12.1 Å². The smallest absolute Gasteiger partial charge is 0.244 e. The highest BCUT2D eigenvalue weighted by Crippen LogP contribution is 2.19. The second-order valence-corrected chi connectivity index (χ2v) is 7.40.